The average molecular weight is 207 g/mol. The summed E-state index contributed by atoms with van der Waals surface area (Å²) < 4.78 is 5.55. The van der Waals surface area contributed by atoms with Crippen molar-refractivity contribution in [1.29, 1.82) is 0 Å². The van der Waals surface area contributed by atoms with Crippen molar-refractivity contribution >= 4 is 0 Å². The second kappa shape index (κ2) is 5.26. The van der Waals surface area contributed by atoms with Crippen molar-refractivity contribution in [2.24, 2.45) is 0 Å². The van der Waals surface area contributed by atoms with E-state index >= 15 is 0 Å². The molecule has 0 aliphatic carbocycles. The smallest absolute Gasteiger partial charge is 0.0727 e. The van der Waals surface area contributed by atoms with Gasteiger partial charge in [0.05, 0.1) is 25.4 Å². The first kappa shape index (κ1) is 10.6. The molecule has 3 heteroatoms. The second-order valence-corrected chi connectivity index (χ2v) is 3.92. The highest BCUT2D eigenvalue weighted by atomic mass is 16.5. The highest BCUT2D eigenvalue weighted by Gasteiger charge is 2.24. The third-order valence-electron chi connectivity index (χ3n) is 2.72. The Morgan fingerprint density at radius 2 is 2.13 bits per heavy atom. The van der Waals surface area contributed by atoms with Crippen LogP contribution < -0.4 is 5.32 Å². The summed E-state index contributed by atoms with van der Waals surface area (Å²) in [5.41, 5.74) is 1.17. The first-order chi connectivity index (χ1) is 7.36. The van der Waals surface area contributed by atoms with Gasteiger partial charge in [-0.25, -0.2) is 0 Å². The van der Waals surface area contributed by atoms with E-state index in [1.54, 1.807) is 0 Å². The molecule has 82 valence electrons. The van der Waals surface area contributed by atoms with Crippen LogP contribution in [0.25, 0.3) is 0 Å². The molecule has 1 aromatic carbocycles. The third kappa shape index (κ3) is 3.02. The van der Waals surface area contributed by atoms with Crippen LogP contribution in [-0.4, -0.2) is 30.4 Å². The number of rotatable bonds is 4. The highest BCUT2D eigenvalue weighted by molar-refractivity contribution is 5.13. The van der Waals surface area contributed by atoms with E-state index in [-0.39, 0.29) is 12.1 Å². The van der Waals surface area contributed by atoms with Crippen LogP contribution in [-0.2, 0) is 11.3 Å². The molecule has 0 unspecified atom stereocenters. The van der Waals surface area contributed by atoms with Gasteiger partial charge in [-0.05, 0) is 18.5 Å². The molecular weight excluding hydrogens is 190 g/mol. The molecule has 1 saturated heterocycles. The van der Waals surface area contributed by atoms with Gasteiger partial charge in [0.25, 0.3) is 0 Å². The Morgan fingerprint density at radius 1 is 1.33 bits per heavy atom. The molecule has 0 amide bonds. The minimum Gasteiger partial charge on any atom is -0.391 e. The summed E-state index contributed by atoms with van der Waals surface area (Å²) in [5.74, 6) is 0. The lowest BCUT2D eigenvalue weighted by molar-refractivity contribution is 0.0604. The van der Waals surface area contributed by atoms with Gasteiger partial charge in [-0.3, -0.25) is 0 Å². The maximum Gasteiger partial charge on any atom is 0.0727 e. The van der Waals surface area contributed by atoms with E-state index < -0.39 is 0 Å². The molecular formula is C12H17NO2. The predicted molar refractivity (Wildman–Crippen MR) is 58.5 cm³/mol. The Bertz CT molecular complexity index is 289. The van der Waals surface area contributed by atoms with Gasteiger partial charge in [-0.1, -0.05) is 30.3 Å². The molecule has 0 aromatic heterocycles. The highest BCUT2D eigenvalue weighted by Crippen LogP contribution is 2.08. The quantitative estimate of drug-likeness (QED) is 0.771. The molecule has 3 nitrogen and oxygen atoms in total. The Morgan fingerprint density at radius 3 is 2.80 bits per heavy atom. The number of hydrogen-bond acceptors (Lipinski definition) is 3. The molecule has 0 bridgehead atoms. The van der Waals surface area contributed by atoms with Crippen molar-refractivity contribution in [2.45, 2.75) is 25.2 Å². The normalized spacial score (nSPS) is 25.7. The molecule has 15 heavy (non-hydrogen) atoms. The van der Waals surface area contributed by atoms with Gasteiger partial charge in [0.2, 0.25) is 0 Å². The van der Waals surface area contributed by atoms with Gasteiger partial charge in [-0.15, -0.1) is 0 Å². The van der Waals surface area contributed by atoms with Crippen LogP contribution in [0.2, 0.25) is 0 Å². The molecule has 2 atom stereocenters. The van der Waals surface area contributed by atoms with Crippen LogP contribution in [0.4, 0.5) is 0 Å². The minimum atomic E-state index is -0.249. The van der Waals surface area contributed by atoms with E-state index in [1.165, 1.54) is 5.56 Å². The molecule has 1 heterocycles. The lowest BCUT2D eigenvalue weighted by atomic mass is 10.2. The van der Waals surface area contributed by atoms with Crippen LogP contribution >= 0.6 is 0 Å². The van der Waals surface area contributed by atoms with Crippen molar-refractivity contribution in [3.8, 4) is 0 Å². The van der Waals surface area contributed by atoms with E-state index in [4.69, 9.17) is 4.74 Å². The van der Waals surface area contributed by atoms with Crippen LogP contribution in [0.3, 0.4) is 0 Å². The van der Waals surface area contributed by atoms with Gasteiger partial charge in [0.15, 0.2) is 0 Å². The predicted octanol–water partition coefficient (Wildman–Crippen LogP) is 0.926. The Kier molecular flexibility index (Phi) is 3.72. The van der Waals surface area contributed by atoms with Gasteiger partial charge >= 0.3 is 0 Å². The fourth-order valence-corrected chi connectivity index (χ4v) is 1.80. The zero-order chi connectivity index (χ0) is 10.5. The first-order valence-corrected chi connectivity index (χ1v) is 5.39. The fraction of sp³-hybridized carbons (Fsp3) is 0.500. The largest absolute Gasteiger partial charge is 0.391 e. The van der Waals surface area contributed by atoms with Crippen LogP contribution in [0.1, 0.15) is 12.0 Å². The summed E-state index contributed by atoms with van der Waals surface area (Å²) in [6.07, 6.45) is 0.583. The summed E-state index contributed by atoms with van der Waals surface area (Å²) >= 11 is 0. The summed E-state index contributed by atoms with van der Waals surface area (Å²) in [7, 11) is 0. The van der Waals surface area contributed by atoms with Crippen LogP contribution in [0, 0.1) is 0 Å². The van der Waals surface area contributed by atoms with Crippen molar-refractivity contribution < 1.29 is 9.84 Å². The van der Waals surface area contributed by atoms with Crippen LogP contribution in [0.5, 0.6) is 0 Å². The Balaban J connectivity index is 1.71. The summed E-state index contributed by atoms with van der Waals surface area (Å²) in [5, 5.41) is 12.8. The molecule has 1 aliphatic heterocycles. The molecule has 0 spiro atoms. The van der Waals surface area contributed by atoms with E-state index in [0.29, 0.717) is 13.2 Å². The topological polar surface area (TPSA) is 41.5 Å². The van der Waals surface area contributed by atoms with Crippen LogP contribution in [0.15, 0.2) is 30.3 Å². The van der Waals surface area contributed by atoms with E-state index in [2.05, 4.69) is 5.32 Å². The van der Waals surface area contributed by atoms with Gasteiger partial charge in [0.1, 0.15) is 0 Å². The average Bonchev–Trinajstić information content (AvgIpc) is 2.66. The third-order valence-corrected chi connectivity index (χ3v) is 2.72. The molecule has 1 fully saturated rings. The lowest BCUT2D eigenvalue weighted by Crippen LogP contribution is -2.34. The van der Waals surface area contributed by atoms with Crippen molar-refractivity contribution in [3.63, 3.8) is 0 Å². The van der Waals surface area contributed by atoms with E-state index in [0.717, 1.165) is 13.0 Å². The van der Waals surface area contributed by atoms with Crippen molar-refractivity contribution in [1.82, 2.24) is 5.32 Å². The van der Waals surface area contributed by atoms with Crippen molar-refractivity contribution in [3.05, 3.63) is 35.9 Å². The number of benzene rings is 1. The standard InChI is InChI=1S/C12H17NO2/c14-12-6-7-13-11(12)9-15-8-10-4-2-1-3-5-10/h1-5,11-14H,6-9H2/t11-,12+/m1/s1. The number of hydrogen-bond donors (Lipinski definition) is 2. The minimum absolute atomic E-state index is 0.105. The Labute approximate surface area is 90.1 Å². The molecule has 0 saturated carbocycles. The molecule has 1 aromatic rings. The fourth-order valence-electron chi connectivity index (χ4n) is 1.80. The second-order valence-electron chi connectivity index (χ2n) is 3.92. The molecule has 2 N–H and O–H groups in total. The molecule has 0 radical (unpaired) electrons. The number of aliphatic hydroxyl groups excluding tert-OH is 1. The summed E-state index contributed by atoms with van der Waals surface area (Å²) in [6.45, 7) is 2.09. The molecule has 1 aliphatic rings. The monoisotopic (exact) mass is 207 g/mol. The Hall–Kier alpha value is -0.900. The zero-order valence-corrected chi connectivity index (χ0v) is 8.73. The van der Waals surface area contributed by atoms with Crippen molar-refractivity contribution in [2.75, 3.05) is 13.2 Å². The maximum absolute atomic E-state index is 9.54. The molecule has 2 rings (SSSR count). The SMILES string of the molecule is O[C@H]1CCN[C@@H]1COCc1ccccc1. The summed E-state index contributed by atoms with van der Waals surface area (Å²) in [4.78, 5) is 0. The van der Waals surface area contributed by atoms with E-state index in [9.17, 15) is 5.11 Å². The zero-order valence-electron chi connectivity index (χ0n) is 8.73. The first-order valence-electron chi connectivity index (χ1n) is 5.39. The maximum atomic E-state index is 9.54. The number of ether oxygens (including phenoxy) is 1. The number of aliphatic hydroxyl groups is 1. The van der Waals surface area contributed by atoms with Gasteiger partial charge in [0, 0.05) is 0 Å². The van der Waals surface area contributed by atoms with E-state index in [1.807, 2.05) is 30.3 Å². The number of nitrogens with one attached hydrogen (secondary N) is 1. The van der Waals surface area contributed by atoms with Gasteiger partial charge in [-0.2, -0.15) is 0 Å². The summed E-state index contributed by atoms with van der Waals surface area (Å²) in [6, 6.07) is 10.2. The lowest BCUT2D eigenvalue weighted by Gasteiger charge is -2.14. The van der Waals surface area contributed by atoms with Gasteiger partial charge < -0.3 is 15.2 Å².